The van der Waals surface area contributed by atoms with Crippen molar-refractivity contribution in [1.29, 1.82) is 0 Å². The molecule has 0 bridgehead atoms. The maximum Gasteiger partial charge on any atom is 0.432 e. The average molecular weight is 208 g/mol. The Labute approximate surface area is 93.3 Å². The Morgan fingerprint density at radius 1 is 0.933 bits per heavy atom. The zero-order valence-electron chi connectivity index (χ0n) is 10.1. The summed E-state index contributed by atoms with van der Waals surface area (Å²) in [5, 5.41) is 14.2. The summed E-state index contributed by atoms with van der Waals surface area (Å²) in [4.78, 5) is 0. The van der Waals surface area contributed by atoms with Crippen LogP contribution in [0.25, 0.3) is 0 Å². The lowest BCUT2D eigenvalue weighted by Gasteiger charge is -2.09. The number of rotatable bonds is 2. The molecule has 84 valence electrons. The fourth-order valence-corrected chi connectivity index (χ4v) is 1.28. The lowest BCUT2D eigenvalue weighted by atomic mass is 9.96. The smallest absolute Gasteiger partial charge is 0.430 e. The van der Waals surface area contributed by atoms with Crippen LogP contribution in [0.3, 0.4) is 0 Å². The highest BCUT2D eigenvalue weighted by Crippen LogP contribution is 2.20. The first-order valence-corrected chi connectivity index (χ1v) is 5.34. The van der Waals surface area contributed by atoms with Gasteiger partial charge in [-0.1, -0.05) is 52.0 Å². The second-order valence-corrected chi connectivity index (χ2v) is 4.12. The predicted molar refractivity (Wildman–Crippen MR) is 66.2 cm³/mol. The van der Waals surface area contributed by atoms with Gasteiger partial charge in [-0.05, 0) is 23.0 Å². The summed E-state index contributed by atoms with van der Waals surface area (Å²) in [5.41, 5.74) is 2.89. The van der Waals surface area contributed by atoms with Gasteiger partial charge in [-0.15, -0.1) is 0 Å². The van der Waals surface area contributed by atoms with Gasteiger partial charge in [-0.3, -0.25) is 0 Å². The maximum absolute atomic E-state index is 7.12. The zero-order chi connectivity index (χ0) is 11.8. The van der Waals surface area contributed by atoms with E-state index in [1.165, 1.54) is 11.1 Å². The minimum absolute atomic E-state index is 0.642. The molecule has 2 nitrogen and oxygen atoms in total. The minimum Gasteiger partial charge on any atom is -0.430 e. The van der Waals surface area contributed by atoms with Crippen LogP contribution >= 0.6 is 0 Å². The lowest BCUT2D eigenvalue weighted by Crippen LogP contribution is -1.91. The van der Waals surface area contributed by atoms with Gasteiger partial charge in [-0.2, -0.15) is 0 Å². The number of benzene rings is 1. The van der Waals surface area contributed by atoms with Crippen LogP contribution in [0.5, 0.6) is 0 Å². The molecule has 1 rings (SSSR count). The van der Waals surface area contributed by atoms with Crippen LogP contribution in [-0.4, -0.2) is 17.7 Å². The number of hydrogen-bond donors (Lipinski definition) is 2. The van der Waals surface area contributed by atoms with E-state index < -0.39 is 7.69 Å². The van der Waals surface area contributed by atoms with Gasteiger partial charge < -0.3 is 10.0 Å². The van der Waals surface area contributed by atoms with Gasteiger partial charge in [0.2, 0.25) is 0 Å². The molecule has 0 amide bonds. The molecule has 0 fully saturated rings. The largest absolute Gasteiger partial charge is 0.432 e. The molecule has 0 spiro atoms. The Morgan fingerprint density at radius 3 is 1.53 bits per heavy atom. The predicted octanol–water partition coefficient (Wildman–Crippen LogP) is 2.17. The topological polar surface area (TPSA) is 40.5 Å². The van der Waals surface area contributed by atoms with Gasteiger partial charge in [-0.25, -0.2) is 0 Å². The van der Waals surface area contributed by atoms with Crippen LogP contribution in [0.4, 0.5) is 0 Å². The van der Waals surface area contributed by atoms with E-state index in [-0.39, 0.29) is 0 Å². The second-order valence-electron chi connectivity index (χ2n) is 4.12. The molecule has 0 aliphatic carbocycles. The quantitative estimate of drug-likeness (QED) is 0.731. The van der Waals surface area contributed by atoms with Crippen LogP contribution in [-0.2, 0) is 0 Å². The molecule has 0 saturated heterocycles. The van der Waals surface area contributed by atoms with Crippen LogP contribution < -0.4 is 0 Å². The molecule has 2 N–H and O–H groups in total. The van der Waals surface area contributed by atoms with Crippen LogP contribution in [0.1, 0.15) is 50.7 Å². The molecule has 0 saturated carbocycles. The van der Waals surface area contributed by atoms with Crippen molar-refractivity contribution in [2.45, 2.75) is 39.5 Å². The Balaban J connectivity index is 0.000000583. The van der Waals surface area contributed by atoms with Crippen molar-refractivity contribution >= 4 is 7.69 Å². The van der Waals surface area contributed by atoms with E-state index in [4.69, 9.17) is 10.0 Å². The summed E-state index contributed by atoms with van der Waals surface area (Å²) in [6.07, 6.45) is 0. The van der Waals surface area contributed by atoms with Crippen molar-refractivity contribution in [1.82, 2.24) is 0 Å². The SMILES string of the molecule is CC(C)c1cccc(C(C)C)c1.OBO. The first kappa shape index (κ1) is 14.2. The van der Waals surface area contributed by atoms with E-state index >= 15 is 0 Å². The Bertz CT molecular complexity index is 249. The van der Waals surface area contributed by atoms with Crippen LogP contribution in [0, 0.1) is 0 Å². The summed E-state index contributed by atoms with van der Waals surface area (Å²) in [5.74, 6) is 1.28. The second kappa shape index (κ2) is 7.49. The summed E-state index contributed by atoms with van der Waals surface area (Å²) in [7, 11) is -0.750. The van der Waals surface area contributed by atoms with Gasteiger partial charge >= 0.3 is 7.69 Å². The van der Waals surface area contributed by atoms with E-state index in [0.717, 1.165) is 0 Å². The summed E-state index contributed by atoms with van der Waals surface area (Å²) in [6, 6.07) is 8.88. The minimum atomic E-state index is -0.750. The Hall–Kier alpha value is -0.795. The van der Waals surface area contributed by atoms with E-state index in [1.54, 1.807) is 0 Å². The molecule has 0 unspecified atom stereocenters. The summed E-state index contributed by atoms with van der Waals surface area (Å²) < 4.78 is 0. The van der Waals surface area contributed by atoms with Gasteiger partial charge in [0, 0.05) is 0 Å². The van der Waals surface area contributed by atoms with Crippen molar-refractivity contribution in [2.75, 3.05) is 0 Å². The fraction of sp³-hybridized carbons (Fsp3) is 0.500. The molecule has 15 heavy (non-hydrogen) atoms. The first-order chi connectivity index (χ1) is 7.02. The Kier molecular flexibility index (Phi) is 7.09. The van der Waals surface area contributed by atoms with Gasteiger partial charge in [0.25, 0.3) is 0 Å². The average Bonchev–Trinajstić information content (AvgIpc) is 2.19. The first-order valence-electron chi connectivity index (χ1n) is 5.34. The van der Waals surface area contributed by atoms with Crippen molar-refractivity contribution in [3.05, 3.63) is 35.4 Å². The highest BCUT2D eigenvalue weighted by atomic mass is 16.4. The molecule has 1 aromatic carbocycles. The highest BCUT2D eigenvalue weighted by Gasteiger charge is 2.02. The molecule has 0 atom stereocenters. The van der Waals surface area contributed by atoms with E-state index in [9.17, 15) is 0 Å². The van der Waals surface area contributed by atoms with Crippen molar-refractivity contribution in [2.24, 2.45) is 0 Å². The Morgan fingerprint density at radius 2 is 1.27 bits per heavy atom. The lowest BCUT2D eigenvalue weighted by molar-refractivity contribution is 0.448. The standard InChI is InChI=1S/C12H18.BH3O2/c1-9(2)11-6-5-7-12(8-11)10(3)4;2-1-3/h5-10H,1-4H3;1-3H. The van der Waals surface area contributed by atoms with Crippen molar-refractivity contribution < 1.29 is 10.0 Å². The highest BCUT2D eigenvalue weighted by molar-refractivity contribution is 6.13. The third kappa shape index (κ3) is 5.60. The third-order valence-electron chi connectivity index (χ3n) is 2.24. The molecule has 3 heteroatoms. The molecular weight excluding hydrogens is 187 g/mol. The maximum atomic E-state index is 7.12. The summed E-state index contributed by atoms with van der Waals surface area (Å²) >= 11 is 0. The molecule has 0 aromatic heterocycles. The molecular formula is C12H21BO2. The van der Waals surface area contributed by atoms with E-state index in [0.29, 0.717) is 11.8 Å². The number of hydrogen-bond acceptors (Lipinski definition) is 2. The van der Waals surface area contributed by atoms with Gasteiger partial charge in [0.1, 0.15) is 0 Å². The third-order valence-corrected chi connectivity index (χ3v) is 2.24. The van der Waals surface area contributed by atoms with E-state index in [2.05, 4.69) is 52.0 Å². The van der Waals surface area contributed by atoms with Crippen molar-refractivity contribution in [3.8, 4) is 0 Å². The monoisotopic (exact) mass is 208 g/mol. The zero-order valence-corrected chi connectivity index (χ0v) is 10.1. The molecule has 0 aliphatic heterocycles. The molecule has 0 radical (unpaired) electrons. The normalized spacial score (nSPS) is 9.87. The summed E-state index contributed by atoms with van der Waals surface area (Å²) in [6.45, 7) is 8.94. The van der Waals surface area contributed by atoms with Gasteiger partial charge in [0.15, 0.2) is 0 Å². The molecule has 1 aromatic rings. The van der Waals surface area contributed by atoms with Crippen molar-refractivity contribution in [3.63, 3.8) is 0 Å². The van der Waals surface area contributed by atoms with Crippen LogP contribution in [0.15, 0.2) is 24.3 Å². The van der Waals surface area contributed by atoms with Gasteiger partial charge in [0.05, 0.1) is 0 Å². The fourth-order valence-electron chi connectivity index (χ4n) is 1.28. The van der Waals surface area contributed by atoms with E-state index in [1.807, 2.05) is 0 Å². The van der Waals surface area contributed by atoms with Crippen LogP contribution in [0.2, 0.25) is 0 Å². The molecule has 0 heterocycles. The molecule has 0 aliphatic rings.